The third-order valence-corrected chi connectivity index (χ3v) is 5.18. The molecule has 0 amide bonds. The zero-order valence-corrected chi connectivity index (χ0v) is 17.3. The van der Waals surface area contributed by atoms with Gasteiger partial charge < -0.3 is 11.5 Å². The second-order valence-electron chi connectivity index (χ2n) is 7.92. The smallest absolute Gasteiger partial charge is 0.0320 e. The van der Waals surface area contributed by atoms with Gasteiger partial charge in [0, 0.05) is 11.4 Å². The summed E-state index contributed by atoms with van der Waals surface area (Å²) in [5.41, 5.74) is 24.0. The number of nitrogen functional groups attached to an aromatic ring is 2. The molecule has 0 aromatic heterocycles. The average molecular weight is 371 g/mol. The van der Waals surface area contributed by atoms with Crippen LogP contribution >= 0.6 is 0 Å². The van der Waals surface area contributed by atoms with Gasteiger partial charge >= 0.3 is 0 Å². The fourth-order valence-corrected chi connectivity index (χ4v) is 3.68. The summed E-state index contributed by atoms with van der Waals surface area (Å²) in [7, 11) is 0. The fraction of sp³-hybridized carbons (Fsp3) is 0.231. The van der Waals surface area contributed by atoms with Crippen molar-refractivity contribution in [3.63, 3.8) is 0 Å². The van der Waals surface area contributed by atoms with Crippen LogP contribution in [0.4, 0.5) is 11.4 Å². The van der Waals surface area contributed by atoms with Gasteiger partial charge in [0.25, 0.3) is 0 Å². The Hall–Kier alpha value is -3.00. The number of rotatable bonds is 2. The lowest BCUT2D eigenvalue weighted by Crippen LogP contribution is -2.00. The Kier molecular flexibility index (Phi) is 5.89. The molecule has 0 radical (unpaired) electrons. The quantitative estimate of drug-likeness (QED) is 0.572. The first-order valence-corrected chi connectivity index (χ1v) is 9.83. The molecule has 4 N–H and O–H groups in total. The van der Waals surface area contributed by atoms with Crippen LogP contribution < -0.4 is 11.5 Å². The van der Waals surface area contributed by atoms with Crippen molar-refractivity contribution < 1.29 is 0 Å². The lowest BCUT2D eigenvalue weighted by Gasteiger charge is -2.20. The predicted octanol–water partition coefficient (Wildman–Crippen LogP) is 6.78. The molecule has 0 saturated heterocycles. The molecule has 28 heavy (non-hydrogen) atoms. The first-order valence-electron chi connectivity index (χ1n) is 9.83. The van der Waals surface area contributed by atoms with Crippen LogP contribution in [0.3, 0.4) is 0 Å². The van der Waals surface area contributed by atoms with Crippen LogP contribution in [0.25, 0.3) is 11.1 Å². The van der Waals surface area contributed by atoms with E-state index in [0.29, 0.717) is 0 Å². The van der Waals surface area contributed by atoms with E-state index in [9.17, 15) is 0 Å². The molecule has 3 rings (SSSR count). The predicted molar refractivity (Wildman–Crippen MR) is 124 cm³/mol. The summed E-state index contributed by atoms with van der Waals surface area (Å²) in [5, 5.41) is 0. The monoisotopic (exact) mass is 370 g/mol. The van der Waals surface area contributed by atoms with E-state index in [2.05, 4.69) is 64.1 Å². The molecule has 0 spiro atoms. The molecule has 0 bridgehead atoms. The van der Waals surface area contributed by atoms with E-state index in [0.717, 1.165) is 24.2 Å². The minimum atomic E-state index is 0.799. The summed E-state index contributed by atoms with van der Waals surface area (Å²) < 4.78 is 0. The highest BCUT2D eigenvalue weighted by Gasteiger charge is 2.15. The van der Waals surface area contributed by atoms with E-state index >= 15 is 0 Å². The Morgan fingerprint density at radius 2 is 1.04 bits per heavy atom. The lowest BCUT2D eigenvalue weighted by molar-refractivity contribution is 1.07. The van der Waals surface area contributed by atoms with E-state index in [1.807, 2.05) is 24.3 Å². The number of anilines is 2. The number of hydrogen-bond acceptors (Lipinski definition) is 2. The van der Waals surface area contributed by atoms with Gasteiger partial charge in [-0.3, -0.25) is 0 Å². The largest absolute Gasteiger partial charge is 0.399 e. The van der Waals surface area contributed by atoms with Crippen LogP contribution in [0.15, 0.2) is 83.0 Å². The Morgan fingerprint density at radius 1 is 0.643 bits per heavy atom. The zero-order chi connectivity index (χ0) is 20.3. The SMILES string of the molecule is CC(C)=C1/C=C(/c2cccc(N)c2)CC/C(c2cccc(N)c2)=C\C1=C(C)C. The van der Waals surface area contributed by atoms with Crippen molar-refractivity contribution in [2.24, 2.45) is 0 Å². The minimum Gasteiger partial charge on any atom is -0.399 e. The third-order valence-electron chi connectivity index (χ3n) is 5.18. The van der Waals surface area contributed by atoms with Crippen LogP contribution in [-0.4, -0.2) is 0 Å². The van der Waals surface area contributed by atoms with E-state index in [1.54, 1.807) is 0 Å². The topological polar surface area (TPSA) is 52.0 Å². The average Bonchev–Trinajstić information content (AvgIpc) is 2.61. The number of benzene rings is 2. The van der Waals surface area contributed by atoms with Gasteiger partial charge in [0.15, 0.2) is 0 Å². The second-order valence-corrected chi connectivity index (χ2v) is 7.92. The van der Waals surface area contributed by atoms with Crippen molar-refractivity contribution in [3.8, 4) is 0 Å². The van der Waals surface area contributed by atoms with Gasteiger partial charge in [0.05, 0.1) is 0 Å². The Bertz CT molecular complexity index is 925. The van der Waals surface area contributed by atoms with Crippen molar-refractivity contribution in [2.45, 2.75) is 40.5 Å². The Morgan fingerprint density at radius 3 is 1.36 bits per heavy atom. The summed E-state index contributed by atoms with van der Waals surface area (Å²) in [5.74, 6) is 0. The van der Waals surface area contributed by atoms with Gasteiger partial charge in [0.1, 0.15) is 0 Å². The van der Waals surface area contributed by atoms with Crippen molar-refractivity contribution >= 4 is 22.5 Å². The normalized spacial score (nSPS) is 18.4. The van der Waals surface area contributed by atoms with Gasteiger partial charge in [0.2, 0.25) is 0 Å². The number of allylic oxidation sites excluding steroid dienone is 8. The molecule has 0 unspecified atom stereocenters. The molecule has 0 saturated carbocycles. The van der Waals surface area contributed by atoms with E-state index in [1.165, 1.54) is 44.6 Å². The molecule has 2 aromatic carbocycles. The van der Waals surface area contributed by atoms with E-state index in [-0.39, 0.29) is 0 Å². The number of nitrogens with two attached hydrogens (primary N) is 2. The van der Waals surface area contributed by atoms with Crippen LogP contribution in [0.2, 0.25) is 0 Å². The lowest BCUT2D eigenvalue weighted by atomic mass is 9.85. The second kappa shape index (κ2) is 8.35. The van der Waals surface area contributed by atoms with Crippen molar-refractivity contribution in [1.29, 1.82) is 0 Å². The molecule has 0 aliphatic heterocycles. The summed E-state index contributed by atoms with van der Waals surface area (Å²) in [4.78, 5) is 0. The molecule has 2 heteroatoms. The van der Waals surface area contributed by atoms with E-state index in [4.69, 9.17) is 11.5 Å². The Labute approximate surface area is 169 Å². The van der Waals surface area contributed by atoms with E-state index < -0.39 is 0 Å². The van der Waals surface area contributed by atoms with Crippen molar-refractivity contribution in [2.75, 3.05) is 11.5 Å². The highest BCUT2D eigenvalue weighted by Crippen LogP contribution is 2.36. The van der Waals surface area contributed by atoms with Gasteiger partial charge in [-0.2, -0.15) is 0 Å². The van der Waals surface area contributed by atoms with Crippen molar-refractivity contribution in [3.05, 3.63) is 94.1 Å². The summed E-state index contributed by atoms with van der Waals surface area (Å²) >= 11 is 0. The standard InChI is InChI=1S/C26H30N2/c1-17(2)25-15-21(19-7-5-9-23(27)13-19)11-12-22(16-26(25)18(3)4)20-8-6-10-24(28)14-20/h5-10,13-16H,11-12,27-28H2,1-4H3/b21-15+,22-16+. The van der Waals surface area contributed by atoms with Gasteiger partial charge in [-0.1, -0.05) is 47.6 Å². The van der Waals surface area contributed by atoms with Gasteiger partial charge in [-0.05, 0) is 98.2 Å². The summed E-state index contributed by atoms with van der Waals surface area (Å²) in [6, 6.07) is 16.4. The minimum absolute atomic E-state index is 0.799. The first kappa shape index (κ1) is 19.8. The summed E-state index contributed by atoms with van der Waals surface area (Å²) in [6.07, 6.45) is 6.60. The molecule has 0 atom stereocenters. The van der Waals surface area contributed by atoms with Crippen molar-refractivity contribution in [1.82, 2.24) is 0 Å². The maximum Gasteiger partial charge on any atom is 0.0320 e. The molecular weight excluding hydrogens is 340 g/mol. The molecule has 144 valence electrons. The molecule has 2 nitrogen and oxygen atoms in total. The molecule has 0 fully saturated rings. The van der Waals surface area contributed by atoms with Crippen LogP contribution in [0.1, 0.15) is 51.7 Å². The maximum atomic E-state index is 6.07. The molecule has 1 aliphatic carbocycles. The first-order chi connectivity index (χ1) is 13.3. The third kappa shape index (κ3) is 4.45. The van der Waals surface area contributed by atoms with Crippen LogP contribution in [0.5, 0.6) is 0 Å². The molecular formula is C26H30N2. The number of hydrogen-bond donors (Lipinski definition) is 2. The van der Waals surface area contributed by atoms with Crippen LogP contribution in [0, 0.1) is 0 Å². The highest BCUT2D eigenvalue weighted by atomic mass is 14.5. The van der Waals surface area contributed by atoms with Gasteiger partial charge in [-0.25, -0.2) is 0 Å². The molecule has 0 heterocycles. The zero-order valence-electron chi connectivity index (χ0n) is 17.3. The Balaban J connectivity index is 2.18. The molecule has 1 aliphatic rings. The maximum absolute atomic E-state index is 6.07. The fourth-order valence-electron chi connectivity index (χ4n) is 3.68. The summed E-state index contributed by atoms with van der Waals surface area (Å²) in [6.45, 7) is 8.73. The molecule has 2 aromatic rings. The highest BCUT2D eigenvalue weighted by molar-refractivity contribution is 5.80. The van der Waals surface area contributed by atoms with Gasteiger partial charge in [-0.15, -0.1) is 0 Å². The van der Waals surface area contributed by atoms with Crippen LogP contribution in [-0.2, 0) is 0 Å².